The van der Waals surface area contributed by atoms with E-state index in [9.17, 15) is 5.26 Å². The van der Waals surface area contributed by atoms with Crippen molar-refractivity contribution in [3.63, 3.8) is 0 Å². The van der Waals surface area contributed by atoms with Gasteiger partial charge in [-0.05, 0) is 25.5 Å². The lowest BCUT2D eigenvalue weighted by atomic mass is 9.97. The first-order chi connectivity index (χ1) is 14.6. The Hall–Kier alpha value is -3.61. The molecule has 4 rings (SSSR count). The zero-order valence-corrected chi connectivity index (χ0v) is 17.4. The molecule has 0 aliphatic carbocycles. The van der Waals surface area contributed by atoms with E-state index < -0.39 is 0 Å². The van der Waals surface area contributed by atoms with Gasteiger partial charge in [-0.2, -0.15) is 5.26 Å². The number of aryl methyl sites for hydroxylation is 2. The van der Waals surface area contributed by atoms with Gasteiger partial charge in [0.1, 0.15) is 17.4 Å². The van der Waals surface area contributed by atoms with Crippen molar-refractivity contribution in [1.82, 2.24) is 0 Å². The molecular weight excluding hydrogens is 392 g/mol. The summed E-state index contributed by atoms with van der Waals surface area (Å²) in [5.41, 5.74) is 6.01. The zero-order chi connectivity index (χ0) is 21.1. The quantitative estimate of drug-likeness (QED) is 0.327. The highest BCUT2D eigenvalue weighted by Gasteiger charge is 2.22. The van der Waals surface area contributed by atoms with E-state index in [4.69, 9.17) is 16.0 Å². The highest BCUT2D eigenvalue weighted by molar-refractivity contribution is 6.33. The predicted octanol–water partition coefficient (Wildman–Crippen LogP) is 7.51. The molecule has 146 valence electrons. The van der Waals surface area contributed by atoms with Crippen LogP contribution in [0, 0.1) is 25.2 Å². The van der Waals surface area contributed by atoms with Crippen LogP contribution in [0.25, 0.3) is 22.5 Å². The summed E-state index contributed by atoms with van der Waals surface area (Å²) < 4.78 is 6.15. The van der Waals surface area contributed by atoms with Crippen molar-refractivity contribution in [2.45, 2.75) is 13.8 Å². The molecule has 0 atom stereocenters. The van der Waals surface area contributed by atoms with Gasteiger partial charge < -0.3 is 4.42 Å². The molecule has 3 aromatic carbocycles. The molecule has 1 aromatic heterocycles. The minimum Gasteiger partial charge on any atom is -0.436 e. The van der Waals surface area contributed by atoms with E-state index in [1.54, 1.807) is 12.3 Å². The van der Waals surface area contributed by atoms with E-state index in [-0.39, 0.29) is 5.88 Å². The first-order valence-corrected chi connectivity index (χ1v) is 9.94. The third-order valence-electron chi connectivity index (χ3n) is 4.88. The van der Waals surface area contributed by atoms with Gasteiger partial charge in [-0.15, -0.1) is 0 Å². The van der Waals surface area contributed by atoms with E-state index in [1.807, 2.05) is 80.6 Å². The Morgan fingerprint density at radius 2 is 1.47 bits per heavy atom. The molecule has 4 aromatic rings. The van der Waals surface area contributed by atoms with E-state index in [1.165, 1.54) is 0 Å². The van der Waals surface area contributed by atoms with Gasteiger partial charge in [-0.1, -0.05) is 89.5 Å². The first-order valence-electron chi connectivity index (χ1n) is 9.56. The number of hydrogen-bond donors (Lipinski definition) is 0. The molecule has 0 aliphatic heterocycles. The highest BCUT2D eigenvalue weighted by Crippen LogP contribution is 2.42. The average Bonchev–Trinajstić information content (AvgIpc) is 3.12. The summed E-state index contributed by atoms with van der Waals surface area (Å²) in [6, 6.07) is 25.8. The molecule has 0 fully saturated rings. The van der Waals surface area contributed by atoms with Crippen LogP contribution >= 0.6 is 11.6 Å². The van der Waals surface area contributed by atoms with Gasteiger partial charge in [-0.3, -0.25) is 0 Å². The Labute approximate surface area is 180 Å². The van der Waals surface area contributed by atoms with E-state index >= 15 is 0 Å². The van der Waals surface area contributed by atoms with Crippen LogP contribution in [0.15, 0.2) is 82.2 Å². The van der Waals surface area contributed by atoms with Crippen LogP contribution in [0.5, 0.6) is 0 Å². The molecule has 0 amide bonds. The van der Waals surface area contributed by atoms with Gasteiger partial charge in [0, 0.05) is 27.9 Å². The largest absolute Gasteiger partial charge is 0.436 e. The lowest BCUT2D eigenvalue weighted by Crippen LogP contribution is -1.85. The van der Waals surface area contributed by atoms with Gasteiger partial charge in [0.25, 0.3) is 0 Å². The molecule has 3 nitrogen and oxygen atoms in total. The van der Waals surface area contributed by atoms with Crippen molar-refractivity contribution in [1.29, 1.82) is 5.26 Å². The molecule has 0 saturated heterocycles. The zero-order valence-electron chi connectivity index (χ0n) is 16.7. The summed E-state index contributed by atoms with van der Waals surface area (Å²) in [6.45, 7) is 4.07. The fraction of sp³-hybridized carbons (Fsp3) is 0.0769. The second-order valence-electron chi connectivity index (χ2n) is 7.11. The number of halogens is 1. The number of benzene rings is 3. The lowest BCUT2D eigenvalue weighted by Gasteiger charge is -2.05. The minimum atomic E-state index is 0.267. The molecule has 0 bridgehead atoms. The van der Waals surface area contributed by atoms with Crippen LogP contribution < -0.4 is 0 Å². The molecule has 0 unspecified atom stereocenters. The Kier molecular flexibility index (Phi) is 5.52. The van der Waals surface area contributed by atoms with Crippen LogP contribution in [-0.4, -0.2) is 6.21 Å². The maximum atomic E-state index is 9.96. The van der Waals surface area contributed by atoms with E-state index in [2.05, 4.69) is 11.1 Å². The standard InChI is InChI=1S/C26H19ClN2O/c1-17-7-11-19(12-8-17)24-22(15-28)26(29-16-21-5-3-4-6-23(21)27)30-25(24)20-13-9-18(2)10-14-20/h3-14,16H,1-2H3. The summed E-state index contributed by atoms with van der Waals surface area (Å²) in [5.74, 6) is 0.894. The van der Waals surface area contributed by atoms with Crippen molar-refractivity contribution in [2.24, 2.45) is 4.99 Å². The Morgan fingerprint density at radius 1 is 0.867 bits per heavy atom. The van der Waals surface area contributed by atoms with Gasteiger partial charge in [0.05, 0.1) is 0 Å². The summed E-state index contributed by atoms with van der Waals surface area (Å²) in [4.78, 5) is 4.48. The SMILES string of the molecule is Cc1ccc(-c2oc(N=Cc3ccccc3Cl)c(C#N)c2-c2ccc(C)cc2)cc1. The highest BCUT2D eigenvalue weighted by atomic mass is 35.5. The van der Waals surface area contributed by atoms with Crippen molar-refractivity contribution in [3.05, 3.63) is 100 Å². The number of nitriles is 1. The van der Waals surface area contributed by atoms with E-state index in [0.717, 1.165) is 33.4 Å². The second kappa shape index (κ2) is 8.41. The van der Waals surface area contributed by atoms with Crippen LogP contribution in [0.4, 0.5) is 5.88 Å². The predicted molar refractivity (Wildman–Crippen MR) is 122 cm³/mol. The molecule has 0 radical (unpaired) electrons. The average molecular weight is 411 g/mol. The fourth-order valence-electron chi connectivity index (χ4n) is 3.23. The number of rotatable bonds is 4. The Bertz CT molecular complexity index is 1260. The van der Waals surface area contributed by atoms with Crippen LogP contribution in [0.1, 0.15) is 22.3 Å². The molecule has 1 heterocycles. The number of furan rings is 1. The summed E-state index contributed by atoms with van der Waals surface area (Å²) >= 11 is 6.24. The number of aliphatic imine (C=N–C) groups is 1. The molecule has 0 saturated carbocycles. The van der Waals surface area contributed by atoms with Crippen LogP contribution in [0.2, 0.25) is 5.02 Å². The Morgan fingerprint density at radius 3 is 2.07 bits per heavy atom. The number of hydrogen-bond acceptors (Lipinski definition) is 3. The molecule has 30 heavy (non-hydrogen) atoms. The molecule has 0 spiro atoms. The Balaban J connectivity index is 1.90. The molecule has 0 aliphatic rings. The first kappa shape index (κ1) is 19.7. The van der Waals surface area contributed by atoms with Gasteiger partial charge in [0.2, 0.25) is 5.88 Å². The molecular formula is C26H19ClN2O. The van der Waals surface area contributed by atoms with Crippen molar-refractivity contribution < 1.29 is 4.42 Å². The van der Waals surface area contributed by atoms with Crippen molar-refractivity contribution >= 4 is 23.7 Å². The number of nitrogens with zero attached hydrogens (tertiary/aromatic N) is 2. The monoisotopic (exact) mass is 410 g/mol. The topological polar surface area (TPSA) is 49.3 Å². The van der Waals surface area contributed by atoms with Crippen LogP contribution in [-0.2, 0) is 0 Å². The lowest BCUT2D eigenvalue weighted by molar-refractivity contribution is 0.593. The van der Waals surface area contributed by atoms with Crippen molar-refractivity contribution in [2.75, 3.05) is 0 Å². The maximum absolute atomic E-state index is 9.96. The second-order valence-corrected chi connectivity index (χ2v) is 7.52. The molecule has 0 N–H and O–H groups in total. The maximum Gasteiger partial charge on any atom is 0.238 e. The van der Waals surface area contributed by atoms with Crippen LogP contribution in [0.3, 0.4) is 0 Å². The molecule has 4 heteroatoms. The minimum absolute atomic E-state index is 0.267. The fourth-order valence-corrected chi connectivity index (χ4v) is 3.41. The van der Waals surface area contributed by atoms with Gasteiger partial charge in [0.15, 0.2) is 0 Å². The summed E-state index contributed by atoms with van der Waals surface area (Å²) in [7, 11) is 0. The third-order valence-corrected chi connectivity index (χ3v) is 5.23. The summed E-state index contributed by atoms with van der Waals surface area (Å²) in [6.07, 6.45) is 1.62. The smallest absolute Gasteiger partial charge is 0.238 e. The normalized spacial score (nSPS) is 11.0. The van der Waals surface area contributed by atoms with Crippen molar-refractivity contribution in [3.8, 4) is 28.5 Å². The van der Waals surface area contributed by atoms with E-state index in [0.29, 0.717) is 16.3 Å². The summed E-state index contributed by atoms with van der Waals surface area (Å²) in [5, 5.41) is 10.5. The third kappa shape index (κ3) is 3.91. The van der Waals surface area contributed by atoms with Gasteiger partial charge >= 0.3 is 0 Å². The van der Waals surface area contributed by atoms with Gasteiger partial charge in [-0.25, -0.2) is 4.99 Å².